The number of rotatable bonds is 1. The summed E-state index contributed by atoms with van der Waals surface area (Å²) in [6.45, 7) is 19.1. The highest BCUT2D eigenvalue weighted by atomic mass is 16.5. The Balaban J connectivity index is 3.18. The summed E-state index contributed by atoms with van der Waals surface area (Å²) in [7, 11) is 0. The van der Waals surface area contributed by atoms with E-state index in [4.69, 9.17) is 4.74 Å². The topological polar surface area (TPSA) is 9.23 Å². The van der Waals surface area contributed by atoms with E-state index in [1.54, 1.807) is 5.57 Å². The second-order valence-electron chi connectivity index (χ2n) is 7.40. The van der Waals surface area contributed by atoms with Crippen LogP contribution in [0.5, 0.6) is 0 Å². The zero-order valence-electron chi connectivity index (χ0n) is 12.3. The highest BCUT2D eigenvalue weighted by molar-refractivity contribution is 5.30. The van der Waals surface area contributed by atoms with Crippen LogP contribution in [0.3, 0.4) is 0 Å². The molecule has 0 N–H and O–H groups in total. The van der Waals surface area contributed by atoms with Gasteiger partial charge in [0.2, 0.25) is 0 Å². The van der Waals surface area contributed by atoms with Gasteiger partial charge in [-0.2, -0.15) is 0 Å². The average Bonchev–Trinajstić information content (AvgIpc) is 2.43. The molecule has 0 aliphatic carbocycles. The van der Waals surface area contributed by atoms with Crippen molar-refractivity contribution in [1.82, 2.24) is 0 Å². The molecule has 0 radical (unpaired) electrons. The van der Waals surface area contributed by atoms with Gasteiger partial charge in [-0.1, -0.05) is 55.4 Å². The molecule has 0 amide bonds. The molecule has 0 aromatic rings. The minimum absolute atomic E-state index is 0.201. The lowest BCUT2D eigenvalue weighted by atomic mass is 9.75. The van der Waals surface area contributed by atoms with Gasteiger partial charge in [0.1, 0.15) is 0 Å². The molecule has 0 fully saturated rings. The van der Waals surface area contributed by atoms with Crippen molar-refractivity contribution in [1.29, 1.82) is 0 Å². The van der Waals surface area contributed by atoms with Crippen molar-refractivity contribution < 1.29 is 4.74 Å². The highest BCUT2D eigenvalue weighted by Gasteiger charge is 2.39. The third-order valence-corrected chi connectivity index (χ3v) is 3.34. The first-order valence-electron chi connectivity index (χ1n) is 6.40. The molecule has 1 heterocycles. The van der Waals surface area contributed by atoms with Crippen molar-refractivity contribution in [3.05, 3.63) is 11.1 Å². The Labute approximate surface area is 101 Å². The summed E-state index contributed by atoms with van der Waals surface area (Å²) >= 11 is 0. The van der Waals surface area contributed by atoms with E-state index in [-0.39, 0.29) is 10.8 Å². The molecule has 1 aliphatic heterocycles. The van der Waals surface area contributed by atoms with Gasteiger partial charge in [-0.3, -0.25) is 0 Å². The highest BCUT2D eigenvalue weighted by Crippen LogP contribution is 2.43. The van der Waals surface area contributed by atoms with Gasteiger partial charge in [-0.05, 0) is 27.9 Å². The van der Waals surface area contributed by atoms with Gasteiger partial charge in [0.05, 0.1) is 12.7 Å². The van der Waals surface area contributed by atoms with E-state index < -0.39 is 0 Å². The predicted molar refractivity (Wildman–Crippen MR) is 70.5 cm³/mol. The third-order valence-electron chi connectivity index (χ3n) is 3.34. The fourth-order valence-electron chi connectivity index (χ4n) is 2.52. The van der Waals surface area contributed by atoms with Crippen molar-refractivity contribution in [2.75, 3.05) is 6.61 Å². The molecular formula is C15H28O. The standard InChI is InChI=1S/C15H28O/c1-10(2)12-11(14(3,4)5)9-16-13(12)15(6,7)8/h10,13H,9H2,1-8H3. The van der Waals surface area contributed by atoms with E-state index in [0.29, 0.717) is 12.0 Å². The second kappa shape index (κ2) is 4.18. The van der Waals surface area contributed by atoms with Gasteiger partial charge in [0, 0.05) is 0 Å². The summed E-state index contributed by atoms with van der Waals surface area (Å²) in [4.78, 5) is 0. The van der Waals surface area contributed by atoms with Crippen molar-refractivity contribution in [3.8, 4) is 0 Å². The lowest BCUT2D eigenvalue weighted by Crippen LogP contribution is -2.30. The number of hydrogen-bond donors (Lipinski definition) is 0. The van der Waals surface area contributed by atoms with Gasteiger partial charge in [0.15, 0.2) is 0 Å². The van der Waals surface area contributed by atoms with Gasteiger partial charge < -0.3 is 4.74 Å². The molecule has 1 aliphatic rings. The maximum absolute atomic E-state index is 6.06. The van der Waals surface area contributed by atoms with Crippen LogP contribution in [0.2, 0.25) is 0 Å². The molecule has 0 saturated heterocycles. The fourth-order valence-corrected chi connectivity index (χ4v) is 2.52. The smallest absolute Gasteiger partial charge is 0.0843 e. The molecule has 1 atom stereocenters. The maximum Gasteiger partial charge on any atom is 0.0843 e. The SMILES string of the molecule is CC(C)C1=C(C(C)(C)C)COC1C(C)(C)C. The van der Waals surface area contributed by atoms with Crippen LogP contribution in [0.15, 0.2) is 11.1 Å². The quantitative estimate of drug-likeness (QED) is 0.599. The zero-order chi connectivity index (χ0) is 12.7. The molecule has 0 saturated carbocycles. The van der Waals surface area contributed by atoms with Crippen molar-refractivity contribution >= 4 is 0 Å². The first-order chi connectivity index (χ1) is 7.05. The molecule has 1 nitrogen and oxygen atoms in total. The van der Waals surface area contributed by atoms with Crippen LogP contribution in [-0.4, -0.2) is 12.7 Å². The van der Waals surface area contributed by atoms with Gasteiger partial charge >= 0.3 is 0 Å². The third kappa shape index (κ3) is 2.68. The van der Waals surface area contributed by atoms with E-state index in [9.17, 15) is 0 Å². The molecular weight excluding hydrogens is 196 g/mol. The predicted octanol–water partition coefficient (Wildman–Crippen LogP) is 4.43. The Hall–Kier alpha value is -0.300. The largest absolute Gasteiger partial charge is 0.369 e. The lowest BCUT2D eigenvalue weighted by Gasteiger charge is -2.31. The molecule has 94 valence electrons. The number of hydrogen-bond acceptors (Lipinski definition) is 1. The Morgan fingerprint density at radius 2 is 1.56 bits per heavy atom. The van der Waals surface area contributed by atoms with Crippen molar-refractivity contribution in [2.45, 2.75) is 61.5 Å². The lowest BCUT2D eigenvalue weighted by molar-refractivity contribution is 0.0335. The minimum Gasteiger partial charge on any atom is -0.369 e. The molecule has 0 aromatic heterocycles. The Morgan fingerprint density at radius 1 is 1.06 bits per heavy atom. The van der Waals surface area contributed by atoms with Crippen LogP contribution < -0.4 is 0 Å². The summed E-state index contributed by atoms with van der Waals surface area (Å²) in [6.07, 6.45) is 0.293. The fraction of sp³-hybridized carbons (Fsp3) is 0.867. The van der Waals surface area contributed by atoms with E-state index >= 15 is 0 Å². The van der Waals surface area contributed by atoms with E-state index in [1.165, 1.54) is 5.57 Å². The van der Waals surface area contributed by atoms with Crippen LogP contribution in [0.4, 0.5) is 0 Å². The second-order valence-corrected chi connectivity index (χ2v) is 7.40. The van der Waals surface area contributed by atoms with Crippen LogP contribution in [0.25, 0.3) is 0 Å². The average molecular weight is 224 g/mol. The molecule has 16 heavy (non-hydrogen) atoms. The normalized spacial score (nSPS) is 23.4. The Bertz CT molecular complexity index is 284. The van der Waals surface area contributed by atoms with Gasteiger partial charge in [-0.15, -0.1) is 0 Å². The molecule has 1 unspecified atom stereocenters. The molecule has 0 bridgehead atoms. The summed E-state index contributed by atoms with van der Waals surface area (Å²) in [5.74, 6) is 0.584. The zero-order valence-corrected chi connectivity index (χ0v) is 12.3. The number of ether oxygens (including phenoxy) is 1. The first-order valence-corrected chi connectivity index (χ1v) is 6.40. The van der Waals surface area contributed by atoms with E-state index in [1.807, 2.05) is 0 Å². The molecule has 0 aromatic carbocycles. The summed E-state index contributed by atoms with van der Waals surface area (Å²) < 4.78 is 6.06. The minimum atomic E-state index is 0.201. The van der Waals surface area contributed by atoms with Crippen LogP contribution in [-0.2, 0) is 4.74 Å². The molecule has 0 spiro atoms. The summed E-state index contributed by atoms with van der Waals surface area (Å²) in [5.41, 5.74) is 3.49. The van der Waals surface area contributed by atoms with Crippen LogP contribution in [0, 0.1) is 16.7 Å². The van der Waals surface area contributed by atoms with Crippen molar-refractivity contribution in [3.63, 3.8) is 0 Å². The van der Waals surface area contributed by atoms with Crippen LogP contribution in [0.1, 0.15) is 55.4 Å². The molecule has 1 heteroatoms. The first kappa shape index (κ1) is 13.8. The van der Waals surface area contributed by atoms with Gasteiger partial charge in [-0.25, -0.2) is 0 Å². The monoisotopic (exact) mass is 224 g/mol. The van der Waals surface area contributed by atoms with Gasteiger partial charge in [0.25, 0.3) is 0 Å². The molecule has 1 rings (SSSR count). The van der Waals surface area contributed by atoms with Crippen molar-refractivity contribution in [2.24, 2.45) is 16.7 Å². The van der Waals surface area contributed by atoms with Crippen LogP contribution >= 0.6 is 0 Å². The van der Waals surface area contributed by atoms with E-state index in [0.717, 1.165) is 6.61 Å². The Kier molecular flexibility index (Phi) is 3.59. The van der Waals surface area contributed by atoms with E-state index in [2.05, 4.69) is 55.4 Å². The Morgan fingerprint density at radius 3 is 1.88 bits per heavy atom. The summed E-state index contributed by atoms with van der Waals surface area (Å²) in [5, 5.41) is 0. The summed E-state index contributed by atoms with van der Waals surface area (Å²) in [6, 6.07) is 0. The maximum atomic E-state index is 6.06.